The molecule has 1 aromatic carbocycles. The normalized spacial score (nSPS) is 11.5. The Morgan fingerprint density at radius 2 is 1.32 bits per heavy atom. The van der Waals surface area contributed by atoms with Crippen LogP contribution in [-0.2, 0) is 4.79 Å². The first-order chi connectivity index (χ1) is 12.1. The zero-order valence-electron chi connectivity index (χ0n) is 17.0. The molecule has 25 heavy (non-hydrogen) atoms. The molecule has 1 aromatic rings. The zero-order valence-corrected chi connectivity index (χ0v) is 17.9. The van der Waals surface area contributed by atoms with Crippen LogP contribution in [0.1, 0.15) is 66.2 Å². The third-order valence-corrected chi connectivity index (χ3v) is 9.85. The molecule has 0 heterocycles. The molecule has 0 aliphatic rings. The van der Waals surface area contributed by atoms with Gasteiger partial charge in [0.25, 0.3) is 5.91 Å². The van der Waals surface area contributed by atoms with Gasteiger partial charge in [0.1, 0.15) is 6.16 Å². The number of hydrogen-bond acceptors (Lipinski definition) is 1. The summed E-state index contributed by atoms with van der Waals surface area (Å²) in [5.41, 5.74) is 1.05. The summed E-state index contributed by atoms with van der Waals surface area (Å²) in [6.07, 6.45) is 12.3. The molecule has 0 aliphatic carbocycles. The van der Waals surface area contributed by atoms with Gasteiger partial charge in [0.05, 0.1) is 18.5 Å². The average molecular weight is 365 g/mol. The van der Waals surface area contributed by atoms with E-state index in [1.54, 1.807) is 0 Å². The number of carbonyl (C=O) groups is 1. The third kappa shape index (κ3) is 7.48. The van der Waals surface area contributed by atoms with Crippen LogP contribution in [0.5, 0.6) is 0 Å². The molecule has 0 bridgehead atoms. The SMILES string of the molecule is CCCC[P+](CCCC)(CCCC)CC(=O)N(CC)c1ccccc1. The lowest BCUT2D eigenvalue weighted by Crippen LogP contribution is -2.35. The number of carbonyl (C=O) groups excluding carboxylic acids is 1. The van der Waals surface area contributed by atoms with Crippen LogP contribution in [0.15, 0.2) is 30.3 Å². The minimum Gasteiger partial charge on any atom is -0.310 e. The van der Waals surface area contributed by atoms with Crippen LogP contribution >= 0.6 is 7.26 Å². The Balaban J connectivity index is 2.96. The third-order valence-electron chi connectivity index (χ3n) is 5.11. The minimum absolute atomic E-state index is 0.352. The molecule has 0 aliphatic heterocycles. The highest BCUT2D eigenvalue weighted by molar-refractivity contribution is 7.76. The fourth-order valence-electron chi connectivity index (χ4n) is 3.54. The van der Waals surface area contributed by atoms with Gasteiger partial charge in [-0.15, -0.1) is 0 Å². The van der Waals surface area contributed by atoms with Crippen molar-refractivity contribution in [2.24, 2.45) is 0 Å². The highest BCUT2D eigenvalue weighted by Gasteiger charge is 2.39. The van der Waals surface area contributed by atoms with E-state index in [4.69, 9.17) is 0 Å². The topological polar surface area (TPSA) is 20.3 Å². The van der Waals surface area contributed by atoms with Crippen molar-refractivity contribution >= 4 is 18.9 Å². The van der Waals surface area contributed by atoms with Crippen LogP contribution in [0.2, 0.25) is 0 Å². The Labute approximate surface area is 156 Å². The number of unbranched alkanes of at least 4 members (excludes halogenated alkanes) is 3. The highest BCUT2D eigenvalue weighted by atomic mass is 31.2. The lowest BCUT2D eigenvalue weighted by molar-refractivity contribution is -0.116. The zero-order chi connectivity index (χ0) is 18.5. The van der Waals surface area contributed by atoms with E-state index in [1.807, 2.05) is 23.1 Å². The summed E-state index contributed by atoms with van der Waals surface area (Å²) >= 11 is 0. The number of hydrogen-bond donors (Lipinski definition) is 0. The molecule has 0 fully saturated rings. The lowest BCUT2D eigenvalue weighted by atomic mass is 10.3. The van der Waals surface area contributed by atoms with Crippen molar-refractivity contribution < 1.29 is 4.79 Å². The van der Waals surface area contributed by atoms with E-state index in [0.29, 0.717) is 5.91 Å². The van der Waals surface area contributed by atoms with Crippen molar-refractivity contribution in [1.82, 2.24) is 0 Å². The van der Waals surface area contributed by atoms with E-state index < -0.39 is 7.26 Å². The molecule has 3 heteroatoms. The summed E-state index contributed by atoms with van der Waals surface area (Å²) < 4.78 is 0. The minimum atomic E-state index is -1.18. The molecular weight excluding hydrogens is 325 g/mol. The monoisotopic (exact) mass is 364 g/mol. The van der Waals surface area contributed by atoms with Crippen molar-refractivity contribution in [1.29, 1.82) is 0 Å². The summed E-state index contributed by atoms with van der Waals surface area (Å²) in [6, 6.07) is 10.2. The second-order valence-corrected chi connectivity index (χ2v) is 11.5. The van der Waals surface area contributed by atoms with Crippen LogP contribution in [-0.4, -0.2) is 37.1 Å². The van der Waals surface area contributed by atoms with Gasteiger partial charge in [-0.3, -0.25) is 4.79 Å². The van der Waals surface area contributed by atoms with Gasteiger partial charge in [0, 0.05) is 19.5 Å². The van der Waals surface area contributed by atoms with Crippen molar-refractivity contribution in [3.05, 3.63) is 30.3 Å². The fraction of sp³-hybridized carbons (Fsp3) is 0.682. The smallest absolute Gasteiger partial charge is 0.264 e. The van der Waals surface area contributed by atoms with E-state index in [9.17, 15) is 4.79 Å². The number of para-hydroxylation sites is 1. The largest absolute Gasteiger partial charge is 0.310 e. The molecule has 0 unspecified atom stereocenters. The molecule has 1 amide bonds. The van der Waals surface area contributed by atoms with E-state index in [-0.39, 0.29) is 0 Å². The van der Waals surface area contributed by atoms with Gasteiger partial charge in [-0.2, -0.15) is 0 Å². The van der Waals surface area contributed by atoms with Gasteiger partial charge < -0.3 is 4.90 Å². The molecule has 0 radical (unpaired) electrons. The van der Waals surface area contributed by atoms with Crippen LogP contribution in [0, 0.1) is 0 Å². The van der Waals surface area contributed by atoms with Crippen molar-refractivity contribution in [2.45, 2.75) is 66.2 Å². The molecule has 0 N–H and O–H groups in total. The maximum atomic E-state index is 13.2. The molecule has 1 rings (SSSR count). The summed E-state index contributed by atoms with van der Waals surface area (Å²) in [7, 11) is -1.18. The van der Waals surface area contributed by atoms with Gasteiger partial charge in [-0.25, -0.2) is 0 Å². The van der Waals surface area contributed by atoms with Crippen LogP contribution in [0.3, 0.4) is 0 Å². The second kappa shape index (κ2) is 12.5. The predicted molar refractivity (Wildman–Crippen MR) is 116 cm³/mol. The van der Waals surface area contributed by atoms with Crippen molar-refractivity contribution in [3.63, 3.8) is 0 Å². The number of nitrogens with zero attached hydrogens (tertiary/aromatic N) is 1. The Morgan fingerprint density at radius 1 is 0.840 bits per heavy atom. The number of anilines is 1. The predicted octanol–water partition coefficient (Wildman–Crippen LogP) is 6.46. The van der Waals surface area contributed by atoms with E-state index in [2.05, 4.69) is 39.8 Å². The maximum Gasteiger partial charge on any atom is 0.264 e. The Hall–Kier alpha value is -0.880. The summed E-state index contributed by atoms with van der Waals surface area (Å²) in [6.45, 7) is 9.68. The van der Waals surface area contributed by atoms with Gasteiger partial charge in [-0.05, 0) is 38.3 Å². The maximum absolute atomic E-state index is 13.2. The van der Waals surface area contributed by atoms with Crippen molar-refractivity contribution in [2.75, 3.05) is 36.1 Å². The average Bonchev–Trinajstić information content (AvgIpc) is 2.64. The molecule has 2 nitrogen and oxygen atoms in total. The molecule has 142 valence electrons. The summed E-state index contributed by atoms with van der Waals surface area (Å²) in [4.78, 5) is 15.2. The molecular formula is C22H39NOP+. The molecule has 0 aromatic heterocycles. The Morgan fingerprint density at radius 3 is 1.72 bits per heavy atom. The van der Waals surface area contributed by atoms with Gasteiger partial charge in [0.2, 0.25) is 0 Å². The van der Waals surface area contributed by atoms with Gasteiger partial charge in [-0.1, -0.05) is 58.2 Å². The van der Waals surface area contributed by atoms with E-state index >= 15 is 0 Å². The highest BCUT2D eigenvalue weighted by Crippen LogP contribution is 2.60. The first kappa shape index (κ1) is 22.2. The molecule has 0 saturated heterocycles. The summed E-state index contributed by atoms with van der Waals surface area (Å²) in [5, 5.41) is 0. The Bertz CT molecular complexity index is 452. The fourth-order valence-corrected chi connectivity index (χ4v) is 8.39. The van der Waals surface area contributed by atoms with E-state index in [1.165, 1.54) is 57.0 Å². The number of rotatable bonds is 13. The van der Waals surface area contributed by atoms with Gasteiger partial charge >= 0.3 is 0 Å². The van der Waals surface area contributed by atoms with Crippen LogP contribution in [0.25, 0.3) is 0 Å². The second-order valence-electron chi connectivity index (χ2n) is 7.20. The van der Waals surface area contributed by atoms with E-state index in [0.717, 1.165) is 18.4 Å². The molecule has 0 saturated carbocycles. The van der Waals surface area contributed by atoms with Crippen LogP contribution in [0.4, 0.5) is 5.69 Å². The summed E-state index contributed by atoms with van der Waals surface area (Å²) in [5.74, 6) is 0.352. The number of amides is 1. The van der Waals surface area contributed by atoms with Crippen molar-refractivity contribution in [3.8, 4) is 0 Å². The first-order valence-electron chi connectivity index (χ1n) is 10.3. The Kier molecular flexibility index (Phi) is 11.1. The first-order valence-corrected chi connectivity index (χ1v) is 12.9. The number of benzene rings is 1. The van der Waals surface area contributed by atoms with Gasteiger partial charge in [0.15, 0.2) is 0 Å². The molecule has 0 spiro atoms. The molecule has 0 atom stereocenters. The van der Waals surface area contributed by atoms with Crippen LogP contribution < -0.4 is 4.90 Å². The standard InChI is InChI=1S/C22H39NOP/c1-5-9-17-25(18-10-6-2,19-11-7-3)20-22(24)23(8-4)21-15-13-12-14-16-21/h12-16H,5-11,17-20H2,1-4H3/q+1. The quantitative estimate of drug-likeness (QED) is 0.368. The lowest BCUT2D eigenvalue weighted by Gasteiger charge is -2.30.